The van der Waals surface area contributed by atoms with Gasteiger partial charge >= 0.3 is 5.97 Å². The van der Waals surface area contributed by atoms with Crippen LogP contribution in [0, 0.1) is 11.3 Å². The highest BCUT2D eigenvalue weighted by Crippen LogP contribution is 2.35. The van der Waals surface area contributed by atoms with Gasteiger partial charge in [0.2, 0.25) is 17.7 Å². The highest BCUT2D eigenvalue weighted by molar-refractivity contribution is 5.95. The van der Waals surface area contributed by atoms with E-state index in [-0.39, 0.29) is 37.5 Å². The average Bonchev–Trinajstić information content (AvgIpc) is 3.92. The first kappa shape index (κ1) is 45.2. The summed E-state index contributed by atoms with van der Waals surface area (Å²) in [6.45, 7) is 18.2. The smallest absolute Gasteiger partial charge is 0.324 e. The molecule has 3 aromatic rings. The van der Waals surface area contributed by atoms with Crippen molar-refractivity contribution >= 4 is 35.3 Å². The molecule has 16 nitrogen and oxygen atoms in total. The summed E-state index contributed by atoms with van der Waals surface area (Å²) in [5.41, 5.74) is 8.47. The summed E-state index contributed by atoms with van der Waals surface area (Å²) in [4.78, 5) is 84.1. The van der Waals surface area contributed by atoms with Crippen molar-refractivity contribution in [2.24, 2.45) is 11.3 Å². The van der Waals surface area contributed by atoms with Crippen LogP contribution in [0.4, 0.5) is 5.69 Å². The molecule has 4 aliphatic rings. The molecule has 2 N–H and O–H groups in total. The number of hydrogen-bond acceptors (Lipinski definition) is 11. The number of likely N-dealkylation sites (tertiary alicyclic amines) is 1. The van der Waals surface area contributed by atoms with Crippen molar-refractivity contribution in [1.82, 2.24) is 40.1 Å². The summed E-state index contributed by atoms with van der Waals surface area (Å²) in [5, 5.41) is 4.40. The predicted molar refractivity (Wildman–Crippen MR) is 237 cm³/mol. The molecule has 0 radical (unpaired) electrons. The number of anilines is 1. The zero-order valence-corrected chi connectivity index (χ0v) is 37.4. The summed E-state index contributed by atoms with van der Waals surface area (Å²) >= 11 is 0. The highest BCUT2D eigenvalue weighted by Gasteiger charge is 2.40. The number of nitrogens with one attached hydrogen (secondary N) is 2. The monoisotopic (exact) mass is 863 g/mol. The van der Waals surface area contributed by atoms with Crippen LogP contribution in [0.3, 0.4) is 0 Å². The van der Waals surface area contributed by atoms with Gasteiger partial charge in [0.25, 0.3) is 5.91 Å². The Morgan fingerprint density at radius 1 is 1.13 bits per heavy atom. The van der Waals surface area contributed by atoms with Gasteiger partial charge in [-0.1, -0.05) is 39.1 Å². The molecule has 336 valence electrons. The number of esters is 1. The number of cyclic esters (lactones) is 1. The SMILES string of the molecule is C=CC(=O)N1CC[C@H](C(=O)N(C)[C@@H](C(=C)C)C(=O)N[C@H]2Cc3cccc(c3)N3CCc4nc(-c5cccnc5[C@H](C)OC)n(c4C3)CC(C)(C)COC(=O)[C@@H]3CCCN(N3)C2=O)C1. The van der Waals surface area contributed by atoms with Crippen LogP contribution in [0.1, 0.15) is 75.7 Å². The Balaban J connectivity index is 1.22. The second-order valence-corrected chi connectivity index (χ2v) is 18.1. The van der Waals surface area contributed by atoms with Crippen LogP contribution < -0.4 is 15.6 Å². The second kappa shape index (κ2) is 18.9. The number of likely N-dealkylation sites (N-methyl/N-ethyl adjacent to an activating group) is 1. The molecule has 0 unspecified atom stereocenters. The first-order valence-electron chi connectivity index (χ1n) is 21.9. The van der Waals surface area contributed by atoms with Gasteiger partial charge in [-0.3, -0.25) is 34.0 Å². The number of methoxy groups -OCH3 is 1. The average molecular weight is 864 g/mol. The van der Waals surface area contributed by atoms with E-state index in [1.807, 2.05) is 37.3 Å². The Bertz CT molecular complexity index is 2270. The summed E-state index contributed by atoms with van der Waals surface area (Å²) in [5.74, 6) is -1.73. The number of hydrogen-bond donors (Lipinski definition) is 2. The highest BCUT2D eigenvalue weighted by atomic mass is 16.5. The Hall–Kier alpha value is -5.87. The number of amides is 4. The Morgan fingerprint density at radius 2 is 1.92 bits per heavy atom. The molecular formula is C47H61N9O7. The number of aromatic nitrogens is 3. The molecule has 4 aliphatic heterocycles. The fraction of sp³-hybridized carbons (Fsp3) is 0.511. The molecule has 6 heterocycles. The lowest BCUT2D eigenvalue weighted by molar-refractivity contribution is -0.155. The molecule has 0 aliphatic carbocycles. The molecule has 16 heteroatoms. The van der Waals surface area contributed by atoms with Crippen LogP contribution in [0.25, 0.3) is 11.4 Å². The van der Waals surface area contributed by atoms with E-state index in [1.54, 1.807) is 32.2 Å². The van der Waals surface area contributed by atoms with E-state index in [0.29, 0.717) is 64.0 Å². The van der Waals surface area contributed by atoms with Crippen molar-refractivity contribution in [3.8, 4) is 11.4 Å². The van der Waals surface area contributed by atoms with E-state index in [1.165, 1.54) is 16.0 Å². The lowest BCUT2D eigenvalue weighted by Crippen LogP contribution is -2.62. The lowest BCUT2D eigenvalue weighted by Gasteiger charge is -2.37. The van der Waals surface area contributed by atoms with Gasteiger partial charge in [0, 0.05) is 82.6 Å². The normalized spacial score (nSPS) is 22.3. The number of rotatable bonds is 9. The molecule has 0 saturated carbocycles. The number of imidazole rings is 1. The van der Waals surface area contributed by atoms with Crippen LogP contribution in [0.15, 0.2) is 67.4 Å². The Kier molecular flexibility index (Phi) is 13.5. The third kappa shape index (κ3) is 9.71. The molecule has 1 aromatic carbocycles. The van der Waals surface area contributed by atoms with Gasteiger partial charge in [0.1, 0.15) is 23.9 Å². The van der Waals surface area contributed by atoms with Gasteiger partial charge in [-0.05, 0) is 74.6 Å². The van der Waals surface area contributed by atoms with Crippen molar-refractivity contribution in [2.75, 3.05) is 51.8 Å². The summed E-state index contributed by atoms with van der Waals surface area (Å²) in [6.07, 6.45) is 4.97. The number of fused-ring (bicyclic) bond motifs is 6. The predicted octanol–water partition coefficient (Wildman–Crippen LogP) is 3.76. The third-order valence-electron chi connectivity index (χ3n) is 12.7. The maximum Gasteiger partial charge on any atom is 0.324 e. The summed E-state index contributed by atoms with van der Waals surface area (Å²) < 4.78 is 14.0. The van der Waals surface area contributed by atoms with Gasteiger partial charge in [0.05, 0.1) is 42.3 Å². The van der Waals surface area contributed by atoms with E-state index in [2.05, 4.69) is 53.3 Å². The van der Waals surface area contributed by atoms with E-state index >= 15 is 0 Å². The quantitative estimate of drug-likeness (QED) is 0.183. The van der Waals surface area contributed by atoms with Gasteiger partial charge in [0.15, 0.2) is 0 Å². The van der Waals surface area contributed by atoms with Crippen LogP contribution in [0.2, 0.25) is 0 Å². The van der Waals surface area contributed by atoms with Crippen molar-refractivity contribution in [2.45, 2.75) is 97.1 Å². The second-order valence-electron chi connectivity index (χ2n) is 18.1. The summed E-state index contributed by atoms with van der Waals surface area (Å²) in [6, 6.07) is 8.96. The van der Waals surface area contributed by atoms with Crippen LogP contribution in [-0.2, 0) is 59.4 Å². The van der Waals surface area contributed by atoms with Crippen LogP contribution in [0.5, 0.6) is 0 Å². The van der Waals surface area contributed by atoms with Gasteiger partial charge in [-0.25, -0.2) is 10.4 Å². The lowest BCUT2D eigenvalue weighted by atomic mass is 9.94. The van der Waals surface area contributed by atoms with Crippen LogP contribution in [-0.4, -0.2) is 124 Å². The number of ether oxygens (including phenoxy) is 2. The zero-order valence-electron chi connectivity index (χ0n) is 37.4. The Morgan fingerprint density at radius 3 is 2.67 bits per heavy atom. The maximum absolute atomic E-state index is 14.6. The first-order valence-corrected chi connectivity index (χ1v) is 21.9. The molecule has 2 fully saturated rings. The minimum Gasteiger partial charge on any atom is -0.464 e. The van der Waals surface area contributed by atoms with Gasteiger partial charge in [-0.15, -0.1) is 0 Å². The van der Waals surface area contributed by atoms with E-state index in [9.17, 15) is 24.0 Å². The number of pyridine rings is 1. The minimum atomic E-state index is -1.09. The van der Waals surface area contributed by atoms with Gasteiger partial charge in [-0.2, -0.15) is 0 Å². The standard InChI is InChI=1S/C47H61N9O7/c1-9-39(57)54-21-17-32(25-54)44(59)52(7)41(29(2)3)43(58)50-37-24-31-13-10-14-33(23-31)53-22-18-35-38(26-53)55(42(49-35)34-15-11-19-48-40(34)30(4)62-8)27-47(5,6)28-63-46(61)36-16-12-20-56(51-36)45(37)60/h9-11,13-15,19,23,30,32,36-37,41,51H,1-2,12,16-18,20-22,24-28H2,3-8H3,(H,50,58)/t30-,32-,36-,37-,41-/m0/s1. The molecule has 4 amide bonds. The van der Waals surface area contributed by atoms with Crippen LogP contribution >= 0.6 is 0 Å². The molecular weight excluding hydrogens is 803 g/mol. The number of carbonyl (C=O) groups excluding carboxylic acids is 5. The molecule has 7 rings (SSSR count). The number of nitrogens with zero attached hydrogens (tertiary/aromatic N) is 7. The topological polar surface area (TPSA) is 172 Å². The fourth-order valence-corrected chi connectivity index (χ4v) is 9.20. The number of benzene rings is 1. The first-order chi connectivity index (χ1) is 30.1. The summed E-state index contributed by atoms with van der Waals surface area (Å²) in [7, 11) is 3.21. The van der Waals surface area contributed by atoms with Crippen molar-refractivity contribution in [3.63, 3.8) is 0 Å². The maximum atomic E-state index is 14.6. The van der Waals surface area contributed by atoms with Crippen molar-refractivity contribution < 1.29 is 33.4 Å². The van der Waals surface area contributed by atoms with E-state index in [4.69, 9.17) is 19.4 Å². The molecule has 2 saturated heterocycles. The largest absolute Gasteiger partial charge is 0.464 e. The van der Waals surface area contributed by atoms with Gasteiger partial charge < -0.3 is 34.1 Å². The number of hydrazine groups is 1. The molecule has 2 aromatic heterocycles. The van der Waals surface area contributed by atoms with E-state index < -0.39 is 47.2 Å². The zero-order chi connectivity index (χ0) is 45.2. The minimum absolute atomic E-state index is 0.112. The molecule has 5 atom stereocenters. The van der Waals surface area contributed by atoms with Crippen molar-refractivity contribution in [1.29, 1.82) is 0 Å². The van der Waals surface area contributed by atoms with Crippen molar-refractivity contribution in [3.05, 3.63) is 90.0 Å². The Labute approximate surface area is 369 Å². The van der Waals surface area contributed by atoms with E-state index in [0.717, 1.165) is 39.7 Å². The molecule has 0 spiro atoms. The third-order valence-corrected chi connectivity index (χ3v) is 12.7. The number of carbonyl (C=O) groups is 5. The molecule has 63 heavy (non-hydrogen) atoms. The fourth-order valence-electron chi connectivity index (χ4n) is 9.20. The molecule has 6 bridgehead atoms.